The van der Waals surface area contributed by atoms with E-state index in [4.69, 9.17) is 9.72 Å². The molecule has 0 amide bonds. The highest BCUT2D eigenvalue weighted by molar-refractivity contribution is 5.89. The standard InChI is InChI=1S/C26H22N6O2/c1-4-19-15(2)20(13-27)24-29-21-7-5-6-8-23(21)32(24)25(19)31-28-14-17-11-16-9-10-18(34-3)12-22(16)30-26(17)33/h5-12,14,31H,4H2,1-3H3,(H,30,33)/b28-14+. The summed E-state index contributed by atoms with van der Waals surface area (Å²) in [7, 11) is 1.59. The molecular weight excluding hydrogens is 428 g/mol. The molecule has 5 aromatic rings. The molecule has 168 valence electrons. The maximum atomic E-state index is 12.6. The SMILES string of the molecule is CCc1c(C)c(C#N)c2nc3ccccc3n2c1N/N=C/c1cc2ccc(OC)cc2[nH]c1=O. The molecule has 0 aliphatic rings. The van der Waals surface area contributed by atoms with Gasteiger partial charge in [0.15, 0.2) is 5.65 Å². The zero-order valence-electron chi connectivity index (χ0n) is 19.0. The third kappa shape index (κ3) is 3.35. The van der Waals surface area contributed by atoms with E-state index in [9.17, 15) is 10.1 Å². The molecular formula is C26H22N6O2. The first-order valence-electron chi connectivity index (χ1n) is 10.9. The number of nitriles is 1. The lowest BCUT2D eigenvalue weighted by Gasteiger charge is -2.15. The summed E-state index contributed by atoms with van der Waals surface area (Å²) in [5, 5.41) is 15.1. The average molecular weight is 451 g/mol. The van der Waals surface area contributed by atoms with E-state index >= 15 is 0 Å². The molecule has 2 N–H and O–H groups in total. The number of H-pyrrole nitrogens is 1. The first-order valence-corrected chi connectivity index (χ1v) is 10.9. The molecule has 8 nitrogen and oxygen atoms in total. The van der Waals surface area contributed by atoms with Gasteiger partial charge in [0.1, 0.15) is 17.6 Å². The Labute approximate surface area is 195 Å². The second-order valence-corrected chi connectivity index (χ2v) is 7.93. The molecule has 0 aliphatic carbocycles. The van der Waals surface area contributed by atoms with Crippen molar-refractivity contribution in [1.82, 2.24) is 14.4 Å². The lowest BCUT2D eigenvalue weighted by atomic mass is 10.0. The van der Waals surface area contributed by atoms with Crippen molar-refractivity contribution >= 4 is 39.6 Å². The van der Waals surface area contributed by atoms with Crippen LogP contribution in [0.5, 0.6) is 5.75 Å². The number of hydrogen-bond acceptors (Lipinski definition) is 6. The molecule has 0 spiro atoms. The van der Waals surface area contributed by atoms with Crippen LogP contribution in [-0.2, 0) is 6.42 Å². The number of nitrogens with zero attached hydrogens (tertiary/aromatic N) is 4. The molecule has 0 aliphatic heterocycles. The molecule has 3 aromatic heterocycles. The summed E-state index contributed by atoms with van der Waals surface area (Å²) in [4.78, 5) is 20.2. The van der Waals surface area contributed by atoms with Gasteiger partial charge >= 0.3 is 0 Å². The van der Waals surface area contributed by atoms with Gasteiger partial charge in [-0.15, -0.1) is 0 Å². The Hall–Kier alpha value is -4.64. The van der Waals surface area contributed by atoms with Crippen molar-refractivity contribution in [2.45, 2.75) is 20.3 Å². The van der Waals surface area contributed by atoms with Gasteiger partial charge < -0.3 is 9.72 Å². The fraction of sp³-hybridized carbons (Fsp3) is 0.154. The van der Waals surface area contributed by atoms with E-state index in [-0.39, 0.29) is 5.56 Å². The van der Waals surface area contributed by atoms with E-state index in [2.05, 4.69) is 21.6 Å². The van der Waals surface area contributed by atoms with Crippen molar-refractivity contribution < 1.29 is 4.74 Å². The highest BCUT2D eigenvalue weighted by Crippen LogP contribution is 2.31. The van der Waals surface area contributed by atoms with Crippen LogP contribution >= 0.6 is 0 Å². The number of rotatable bonds is 5. The van der Waals surface area contributed by atoms with Gasteiger partial charge in [-0.1, -0.05) is 19.1 Å². The summed E-state index contributed by atoms with van der Waals surface area (Å²) >= 11 is 0. The maximum absolute atomic E-state index is 12.6. The lowest BCUT2D eigenvalue weighted by Crippen LogP contribution is -2.13. The van der Waals surface area contributed by atoms with Gasteiger partial charge in [0, 0.05) is 6.07 Å². The second kappa shape index (κ2) is 8.37. The second-order valence-electron chi connectivity index (χ2n) is 7.93. The number of aromatic nitrogens is 3. The summed E-state index contributed by atoms with van der Waals surface area (Å²) in [6.45, 7) is 3.96. The van der Waals surface area contributed by atoms with Gasteiger partial charge in [-0.2, -0.15) is 10.4 Å². The summed E-state index contributed by atoms with van der Waals surface area (Å²) in [5.74, 6) is 1.40. The van der Waals surface area contributed by atoms with Gasteiger partial charge in [0.25, 0.3) is 5.56 Å². The molecule has 0 saturated carbocycles. The molecule has 0 fully saturated rings. The monoisotopic (exact) mass is 450 g/mol. The van der Waals surface area contributed by atoms with Gasteiger partial charge in [0.2, 0.25) is 0 Å². The minimum Gasteiger partial charge on any atom is -0.497 e. The van der Waals surface area contributed by atoms with E-state index in [1.807, 2.05) is 54.6 Å². The molecule has 34 heavy (non-hydrogen) atoms. The number of aromatic amines is 1. The number of benzene rings is 2. The maximum Gasteiger partial charge on any atom is 0.257 e. The summed E-state index contributed by atoms with van der Waals surface area (Å²) < 4.78 is 7.15. The first-order chi connectivity index (χ1) is 16.5. The van der Waals surface area contributed by atoms with Crippen molar-refractivity contribution in [2.75, 3.05) is 12.5 Å². The van der Waals surface area contributed by atoms with Crippen molar-refractivity contribution in [3.05, 3.63) is 81.1 Å². The minimum absolute atomic E-state index is 0.253. The Kier molecular flexibility index (Phi) is 5.22. The molecule has 0 bridgehead atoms. The molecule has 0 saturated heterocycles. The summed E-state index contributed by atoms with van der Waals surface area (Å²) in [5.41, 5.74) is 8.60. The van der Waals surface area contributed by atoms with Crippen LogP contribution < -0.4 is 15.7 Å². The largest absolute Gasteiger partial charge is 0.497 e. The van der Waals surface area contributed by atoms with Crippen LogP contribution in [0.3, 0.4) is 0 Å². The molecule has 5 rings (SSSR count). The third-order valence-corrected chi connectivity index (χ3v) is 6.04. The summed E-state index contributed by atoms with van der Waals surface area (Å²) in [6.07, 6.45) is 2.19. The third-order valence-electron chi connectivity index (χ3n) is 6.04. The van der Waals surface area contributed by atoms with Crippen molar-refractivity contribution in [1.29, 1.82) is 5.26 Å². The Morgan fingerprint density at radius 2 is 2.09 bits per heavy atom. The Bertz CT molecular complexity index is 1700. The number of ether oxygens (including phenoxy) is 1. The number of nitrogens with one attached hydrogen (secondary N) is 2. The van der Waals surface area contributed by atoms with Crippen LogP contribution in [0.2, 0.25) is 0 Å². The molecule has 0 radical (unpaired) electrons. The van der Waals surface area contributed by atoms with E-state index in [0.29, 0.717) is 34.5 Å². The van der Waals surface area contributed by atoms with Crippen LogP contribution in [0.15, 0.2) is 58.4 Å². The van der Waals surface area contributed by atoms with Crippen LogP contribution in [-0.4, -0.2) is 27.7 Å². The van der Waals surface area contributed by atoms with E-state index in [1.54, 1.807) is 19.2 Å². The average Bonchev–Trinajstić information content (AvgIpc) is 3.23. The van der Waals surface area contributed by atoms with E-state index < -0.39 is 0 Å². The minimum atomic E-state index is -0.253. The van der Waals surface area contributed by atoms with Gasteiger partial charge in [0.05, 0.1) is 41.0 Å². The highest BCUT2D eigenvalue weighted by Gasteiger charge is 2.19. The quantitative estimate of drug-likeness (QED) is 0.302. The number of fused-ring (bicyclic) bond motifs is 4. The number of methoxy groups -OCH3 is 1. The number of para-hydroxylation sites is 2. The smallest absolute Gasteiger partial charge is 0.257 e. The molecule has 8 heteroatoms. The van der Waals surface area contributed by atoms with Crippen molar-refractivity contribution in [2.24, 2.45) is 5.10 Å². The number of hydrazone groups is 1. The van der Waals surface area contributed by atoms with Gasteiger partial charge in [-0.3, -0.25) is 14.6 Å². The van der Waals surface area contributed by atoms with Gasteiger partial charge in [-0.25, -0.2) is 4.98 Å². The number of imidazole rings is 1. The fourth-order valence-corrected chi connectivity index (χ4v) is 4.32. The predicted molar refractivity (Wildman–Crippen MR) is 134 cm³/mol. The first kappa shape index (κ1) is 21.2. The molecule has 0 unspecified atom stereocenters. The Morgan fingerprint density at radius 3 is 2.85 bits per heavy atom. The number of anilines is 1. The predicted octanol–water partition coefficient (Wildman–Crippen LogP) is 4.53. The molecule has 2 aromatic carbocycles. The normalized spacial score (nSPS) is 11.5. The highest BCUT2D eigenvalue weighted by atomic mass is 16.5. The van der Waals surface area contributed by atoms with Crippen molar-refractivity contribution in [3.63, 3.8) is 0 Å². The lowest BCUT2D eigenvalue weighted by molar-refractivity contribution is 0.415. The number of hydrogen-bond donors (Lipinski definition) is 2. The van der Waals surface area contributed by atoms with Crippen LogP contribution in [0.1, 0.15) is 29.2 Å². The topological polar surface area (TPSA) is 108 Å². The van der Waals surface area contributed by atoms with Crippen molar-refractivity contribution in [3.8, 4) is 11.8 Å². The Balaban J connectivity index is 1.63. The zero-order valence-corrected chi connectivity index (χ0v) is 19.0. The van der Waals surface area contributed by atoms with Crippen LogP contribution in [0, 0.1) is 18.3 Å². The van der Waals surface area contributed by atoms with E-state index in [1.165, 1.54) is 6.21 Å². The Morgan fingerprint density at radius 1 is 1.26 bits per heavy atom. The van der Waals surface area contributed by atoms with Crippen LogP contribution in [0.4, 0.5) is 5.82 Å². The van der Waals surface area contributed by atoms with Crippen LogP contribution in [0.25, 0.3) is 27.6 Å². The zero-order chi connectivity index (χ0) is 23.8. The van der Waals surface area contributed by atoms with E-state index in [0.717, 1.165) is 33.4 Å². The fourth-order valence-electron chi connectivity index (χ4n) is 4.32. The molecule has 0 atom stereocenters. The number of pyridine rings is 2. The molecule has 3 heterocycles. The summed E-state index contributed by atoms with van der Waals surface area (Å²) in [6, 6.07) is 17.3. The van der Waals surface area contributed by atoms with Gasteiger partial charge in [-0.05, 0) is 60.2 Å².